The Kier molecular flexibility index (Phi) is 18.8. The van der Waals surface area contributed by atoms with Crippen molar-refractivity contribution in [2.45, 2.75) is 244 Å². The largest absolute Gasteiger partial charge is 0.534 e. The lowest BCUT2D eigenvalue weighted by Crippen LogP contribution is -2.57. The first-order valence-corrected chi connectivity index (χ1v) is 36.2. The van der Waals surface area contributed by atoms with Gasteiger partial charge in [0, 0.05) is 70.1 Å². The number of benzene rings is 1. The summed E-state index contributed by atoms with van der Waals surface area (Å²) in [6, 6.07) is 8.68. The molecule has 1 aromatic rings. The Morgan fingerprint density at radius 2 is 1.07 bits per heavy atom. The lowest BCUT2D eigenvalue weighted by Gasteiger charge is -2.49. The monoisotopic (exact) mass is 1370 g/mol. The van der Waals surface area contributed by atoms with Crippen LogP contribution in [0.1, 0.15) is 183 Å². The number of rotatable bonds is 9. The number of halogens is 6. The zero-order chi connectivity index (χ0) is 69.9. The zero-order valence-corrected chi connectivity index (χ0v) is 57.8. The number of carbonyl (C=O) groups excluding carboxylic acids is 7. The van der Waals surface area contributed by atoms with Gasteiger partial charge in [-0.25, -0.2) is 9.59 Å². The molecule has 98 heavy (non-hydrogen) atoms. The molecule has 5 heterocycles. The highest BCUT2D eigenvalue weighted by atomic mass is 19.4. The van der Waals surface area contributed by atoms with E-state index in [4.69, 9.17) is 23.8 Å². The second kappa shape index (κ2) is 26.3. The van der Waals surface area contributed by atoms with Gasteiger partial charge in [0.2, 0.25) is 5.91 Å². The number of fused-ring (bicyclic) bond motifs is 12. The topological polar surface area (TPSA) is 199 Å². The number of allylic oxidation sites excluding steroid dienone is 4. The molecule has 2 N–H and O–H groups in total. The first-order chi connectivity index (χ1) is 46.3. The standard InChI is InChI=1S/C41H54F3N3O5.C34H43F3N2O7/c1-24-20-34-36(47(23-24)37(49)41(42,43)44)26(3)40(52-34)17-15-30-31-12-11-28-21-29(14-16-39(28,4)33(31)22-32(30)25(40)2)51-38(50)46-19-18-45-35(48)13-10-27-8-6-5-7-9-27;1-17-13-26-29(38(16-17)30(42)34(35,36)37)19(3)33(45-26)12-10-22-23-6-5-20-14-21(44-31(43)46-39-27(40)7-8-28(39)41)9-11-32(20,4)25(23)15-24(22)18(33)2/h5-9,11,24,26,29-31,33-34,36H,10,12-23H2,1-4H3,(H,45,48)(H,46,50);5,17,19,21-23,25-26,29H,6-16H2,1-4H3/t24-,26+,29-,30-,31-,33-,34+,36-,39-,40-;17-,19+,21-,22-,23-,25-,26+,29-,32-,33-/m00/s1. The Bertz CT molecular complexity index is 3470. The summed E-state index contributed by atoms with van der Waals surface area (Å²) in [7, 11) is 0. The van der Waals surface area contributed by atoms with Gasteiger partial charge in [-0.1, -0.05) is 111 Å². The molecule has 0 bridgehead atoms. The maximum atomic E-state index is 13.7. The average molecular weight is 1370 g/mol. The fourth-order valence-corrected chi connectivity index (χ4v) is 22.0. The predicted octanol–water partition coefficient (Wildman–Crippen LogP) is 13.3. The van der Waals surface area contributed by atoms with E-state index < -0.39 is 89.8 Å². The van der Waals surface area contributed by atoms with Crippen LogP contribution in [-0.2, 0) is 54.2 Å². The second-order valence-electron chi connectivity index (χ2n) is 32.0. The summed E-state index contributed by atoms with van der Waals surface area (Å²) < 4.78 is 107. The minimum absolute atomic E-state index is 0.0113. The normalized spacial score (nSPS) is 39.2. The molecule has 23 heteroatoms. The molecule has 0 aromatic heterocycles. The number of amides is 6. The number of nitrogens with zero attached hydrogens (tertiary/aromatic N) is 3. The summed E-state index contributed by atoms with van der Waals surface area (Å²) in [6.07, 6.45) is 5.84. The van der Waals surface area contributed by atoms with Crippen molar-refractivity contribution in [3.05, 3.63) is 81.5 Å². The molecule has 5 saturated heterocycles. The summed E-state index contributed by atoms with van der Waals surface area (Å²) in [5, 5.41) is 6.15. The molecule has 536 valence electrons. The Balaban J connectivity index is 0.000000178. The van der Waals surface area contributed by atoms with Gasteiger partial charge in [0.25, 0.3) is 11.8 Å². The molecule has 20 atom stereocenters. The molecule has 4 saturated carbocycles. The van der Waals surface area contributed by atoms with E-state index in [1.54, 1.807) is 0 Å². The quantitative estimate of drug-likeness (QED) is 0.0781. The van der Waals surface area contributed by atoms with Crippen molar-refractivity contribution in [1.82, 2.24) is 25.5 Å². The SMILES string of the molecule is CC1=C2C[C@H]3[C@@H](CC=C4C[C@@H](OC(=O)NCCNC(=O)CCc5ccccc5)CC[C@@]43C)[C@@H]2CC[C@]12O[C@@H]1C[C@H](C)CN(C(=O)C(F)(F)F)[C@H]1[C@H]2C.CC1=C2C[C@H]3[C@@H](CC=C4C[C@@H](OC(=O)ON5C(=O)CCC5=O)CC[C@@]43C)[C@@H]2CC[C@]12O[C@@H]1C[C@H](C)CN(C(=O)C(F)(F)F)[C@H]1[C@H]2C. The van der Waals surface area contributed by atoms with Gasteiger partial charge in [0.1, 0.15) is 12.2 Å². The number of ether oxygens (including phenoxy) is 4. The number of aryl methyl sites for hydroxylation is 1. The van der Waals surface area contributed by atoms with Crippen LogP contribution in [0.25, 0.3) is 0 Å². The second-order valence-corrected chi connectivity index (χ2v) is 32.0. The average Bonchev–Trinajstić information content (AvgIpc) is 1.55. The lowest BCUT2D eigenvalue weighted by atomic mass is 9.56. The Labute approximate surface area is 570 Å². The van der Waals surface area contributed by atoms with Crippen LogP contribution in [0.5, 0.6) is 0 Å². The zero-order valence-electron chi connectivity index (χ0n) is 57.8. The van der Waals surface area contributed by atoms with Gasteiger partial charge < -0.3 is 39.4 Å². The van der Waals surface area contributed by atoms with Crippen molar-refractivity contribution in [2.75, 3.05) is 26.2 Å². The van der Waals surface area contributed by atoms with E-state index >= 15 is 0 Å². The predicted molar refractivity (Wildman–Crippen MR) is 346 cm³/mol. The highest BCUT2D eigenvalue weighted by Crippen LogP contribution is 2.68. The molecule has 6 amide bonds. The summed E-state index contributed by atoms with van der Waals surface area (Å²) in [5.41, 5.74) is 7.46. The number of hydrogen-bond donors (Lipinski definition) is 2. The van der Waals surface area contributed by atoms with E-state index in [0.717, 1.165) is 91.6 Å². The number of hydroxylamine groups is 2. The van der Waals surface area contributed by atoms with Crippen molar-refractivity contribution < 1.29 is 83.7 Å². The molecule has 9 fully saturated rings. The molecule has 5 aliphatic heterocycles. The lowest BCUT2D eigenvalue weighted by molar-refractivity contribution is -0.192. The maximum Gasteiger partial charge on any atom is 0.534 e. The molecule has 17 nitrogen and oxygen atoms in total. The van der Waals surface area contributed by atoms with Crippen LogP contribution in [0, 0.1) is 70.0 Å². The number of alkyl halides is 6. The third-order valence-corrected chi connectivity index (χ3v) is 26.9. The van der Waals surface area contributed by atoms with Crippen LogP contribution in [0.15, 0.2) is 75.9 Å². The van der Waals surface area contributed by atoms with Crippen LogP contribution >= 0.6 is 0 Å². The molecule has 14 rings (SSSR count). The molecular weight excluding hydrogens is 1280 g/mol. The van der Waals surface area contributed by atoms with Gasteiger partial charge >= 0.3 is 36.4 Å². The van der Waals surface area contributed by atoms with Crippen LogP contribution in [-0.4, -0.2) is 143 Å². The molecule has 13 aliphatic rings. The van der Waals surface area contributed by atoms with E-state index in [0.29, 0.717) is 98.6 Å². The third-order valence-electron chi connectivity index (χ3n) is 26.9. The van der Waals surface area contributed by atoms with Gasteiger partial charge in [0.15, 0.2) is 0 Å². The molecular formula is C75H97F6N5O12. The van der Waals surface area contributed by atoms with Gasteiger partial charge in [-0.2, -0.15) is 26.3 Å². The molecule has 1 aromatic carbocycles. The van der Waals surface area contributed by atoms with Gasteiger partial charge in [-0.3, -0.25) is 28.8 Å². The Morgan fingerprint density at radius 1 is 0.612 bits per heavy atom. The van der Waals surface area contributed by atoms with E-state index in [-0.39, 0.29) is 72.4 Å². The summed E-state index contributed by atoms with van der Waals surface area (Å²) in [4.78, 5) is 93.3. The van der Waals surface area contributed by atoms with Crippen LogP contribution in [0.2, 0.25) is 0 Å². The fourth-order valence-electron chi connectivity index (χ4n) is 22.0. The number of carbonyl (C=O) groups is 7. The van der Waals surface area contributed by atoms with E-state index in [9.17, 15) is 59.9 Å². The number of nitrogens with one attached hydrogen (secondary N) is 2. The Hall–Kier alpha value is -6.23. The highest BCUT2D eigenvalue weighted by molar-refractivity contribution is 6.01. The number of likely N-dealkylation sites (tertiary alicyclic amines) is 2. The van der Waals surface area contributed by atoms with E-state index in [1.807, 2.05) is 58.0 Å². The van der Waals surface area contributed by atoms with E-state index in [2.05, 4.69) is 50.5 Å². The van der Waals surface area contributed by atoms with Gasteiger partial charge in [-0.05, 0) is 185 Å². The number of hydrogen-bond acceptors (Lipinski definition) is 12. The molecule has 2 spiro atoms. The summed E-state index contributed by atoms with van der Waals surface area (Å²) in [5.74, 6) is -2.69. The van der Waals surface area contributed by atoms with Crippen LogP contribution in [0.3, 0.4) is 0 Å². The van der Waals surface area contributed by atoms with Gasteiger partial charge in [-0.15, -0.1) is 0 Å². The number of piperidine rings is 2. The Morgan fingerprint density at radius 3 is 1.54 bits per heavy atom. The molecule has 0 unspecified atom stereocenters. The van der Waals surface area contributed by atoms with Crippen molar-refractivity contribution in [2.24, 2.45) is 70.0 Å². The van der Waals surface area contributed by atoms with Crippen LogP contribution < -0.4 is 10.6 Å². The van der Waals surface area contributed by atoms with Crippen LogP contribution in [0.4, 0.5) is 35.9 Å². The van der Waals surface area contributed by atoms with Crippen molar-refractivity contribution in [3.8, 4) is 0 Å². The first kappa shape index (κ1) is 70.2. The van der Waals surface area contributed by atoms with Gasteiger partial charge in [0.05, 0.1) is 35.5 Å². The van der Waals surface area contributed by atoms with Crippen molar-refractivity contribution >= 4 is 41.8 Å². The minimum atomic E-state index is -4.92. The number of alkyl carbamates (subject to hydrolysis) is 1. The van der Waals surface area contributed by atoms with Crippen molar-refractivity contribution in [1.29, 1.82) is 0 Å². The third kappa shape index (κ3) is 12.4. The number of imide groups is 1. The summed E-state index contributed by atoms with van der Waals surface area (Å²) >= 11 is 0. The first-order valence-electron chi connectivity index (χ1n) is 36.2. The van der Waals surface area contributed by atoms with E-state index in [1.165, 1.54) is 27.9 Å². The summed E-state index contributed by atoms with van der Waals surface area (Å²) in [6.45, 7) is 17.6. The highest BCUT2D eigenvalue weighted by Gasteiger charge is 2.66. The maximum absolute atomic E-state index is 13.7. The smallest absolute Gasteiger partial charge is 0.446 e. The fraction of sp³-hybridized carbons (Fsp3) is 0.720. The molecule has 8 aliphatic carbocycles. The molecule has 0 radical (unpaired) electrons. The van der Waals surface area contributed by atoms with Crippen molar-refractivity contribution in [3.63, 3.8) is 0 Å². The minimum Gasteiger partial charge on any atom is -0.446 e.